The lowest BCUT2D eigenvalue weighted by Gasteiger charge is -2.20. The van der Waals surface area contributed by atoms with Gasteiger partial charge in [0, 0.05) is 34.2 Å². The maximum absolute atomic E-state index is 13.7. The molecule has 0 fully saturated rings. The van der Waals surface area contributed by atoms with Gasteiger partial charge in [-0.25, -0.2) is 9.37 Å². The Kier molecular flexibility index (Phi) is 9.17. The summed E-state index contributed by atoms with van der Waals surface area (Å²) < 4.78 is 15.4. The topological polar surface area (TPSA) is 70.4 Å². The summed E-state index contributed by atoms with van der Waals surface area (Å²) in [4.78, 5) is 10.2. The van der Waals surface area contributed by atoms with Crippen molar-refractivity contribution >= 4 is 35.6 Å². The molecule has 0 aliphatic heterocycles. The Morgan fingerprint density at radius 3 is 2.72 bits per heavy atom. The fraction of sp³-hybridized carbons (Fsp3) is 0.438. The molecule has 7 nitrogen and oxygen atoms in total. The largest absolute Gasteiger partial charge is 0.372 e. The zero-order valence-electron chi connectivity index (χ0n) is 14.7. The van der Waals surface area contributed by atoms with E-state index in [-0.39, 0.29) is 29.8 Å². The summed E-state index contributed by atoms with van der Waals surface area (Å²) in [7, 11) is 5.45. The lowest BCUT2D eigenvalue weighted by atomic mass is 10.2. The van der Waals surface area contributed by atoms with E-state index >= 15 is 0 Å². The monoisotopic (exact) mass is 461 g/mol. The first-order valence-electron chi connectivity index (χ1n) is 7.85. The third-order valence-corrected chi connectivity index (χ3v) is 3.67. The van der Waals surface area contributed by atoms with Crippen LogP contribution in [0.25, 0.3) is 0 Å². The van der Waals surface area contributed by atoms with E-state index in [0.29, 0.717) is 18.2 Å². The van der Waals surface area contributed by atoms with Crippen molar-refractivity contribution in [3.63, 3.8) is 0 Å². The van der Waals surface area contributed by atoms with Gasteiger partial charge in [-0.05, 0) is 18.6 Å². The summed E-state index contributed by atoms with van der Waals surface area (Å²) in [6.45, 7) is 2.02. The van der Waals surface area contributed by atoms with Crippen molar-refractivity contribution in [2.24, 2.45) is 12.0 Å². The van der Waals surface area contributed by atoms with Gasteiger partial charge in [-0.3, -0.25) is 9.67 Å². The molecule has 0 aliphatic carbocycles. The van der Waals surface area contributed by atoms with Crippen LogP contribution < -0.4 is 15.5 Å². The molecule has 9 heteroatoms. The average molecular weight is 461 g/mol. The summed E-state index contributed by atoms with van der Waals surface area (Å²) in [5.74, 6) is 1.33. The van der Waals surface area contributed by atoms with Crippen LogP contribution in [0, 0.1) is 5.82 Å². The SMILES string of the molecule is CN=C(NCCCN(C)c1ccccc1F)NCc1ncnn1C.I. The molecule has 0 aliphatic rings. The zero-order chi connectivity index (χ0) is 17.4. The van der Waals surface area contributed by atoms with Crippen molar-refractivity contribution in [1.82, 2.24) is 25.4 Å². The van der Waals surface area contributed by atoms with Gasteiger partial charge in [0.2, 0.25) is 0 Å². The molecule has 0 amide bonds. The number of aryl methyl sites for hydroxylation is 1. The minimum Gasteiger partial charge on any atom is -0.372 e. The molecule has 0 radical (unpaired) electrons. The first-order valence-corrected chi connectivity index (χ1v) is 7.85. The number of hydrogen-bond acceptors (Lipinski definition) is 4. The molecule has 1 heterocycles. The summed E-state index contributed by atoms with van der Waals surface area (Å²) in [5.41, 5.74) is 0.613. The summed E-state index contributed by atoms with van der Waals surface area (Å²) >= 11 is 0. The van der Waals surface area contributed by atoms with Gasteiger partial charge in [-0.2, -0.15) is 5.10 Å². The van der Waals surface area contributed by atoms with Crippen molar-refractivity contribution in [3.05, 3.63) is 42.2 Å². The number of nitrogens with one attached hydrogen (secondary N) is 2. The molecule has 0 saturated carbocycles. The Bertz CT molecular complexity index is 674. The van der Waals surface area contributed by atoms with Crippen LogP contribution in [0.3, 0.4) is 0 Å². The van der Waals surface area contributed by atoms with Crippen LogP contribution in [0.2, 0.25) is 0 Å². The van der Waals surface area contributed by atoms with Crippen LogP contribution in [0.1, 0.15) is 12.2 Å². The number of rotatable bonds is 7. The van der Waals surface area contributed by atoms with Gasteiger partial charge in [0.15, 0.2) is 5.96 Å². The number of aliphatic imine (C=N–C) groups is 1. The molecule has 2 N–H and O–H groups in total. The number of para-hydroxylation sites is 1. The van der Waals surface area contributed by atoms with Gasteiger partial charge in [0.05, 0.1) is 12.2 Å². The molecular formula is C16H25FIN7. The standard InChI is InChI=1S/C16H24FN7.HI/c1-18-16(20-11-15-21-12-22-24(15)3)19-9-6-10-23(2)14-8-5-4-7-13(14)17;/h4-5,7-8,12H,6,9-11H2,1-3H3,(H2,18,19,20);1H. The highest BCUT2D eigenvalue weighted by Crippen LogP contribution is 2.16. The third-order valence-electron chi connectivity index (χ3n) is 3.67. The first-order chi connectivity index (χ1) is 11.6. The van der Waals surface area contributed by atoms with E-state index in [2.05, 4.69) is 25.7 Å². The highest BCUT2D eigenvalue weighted by Gasteiger charge is 2.06. The first kappa shape index (κ1) is 21.1. The van der Waals surface area contributed by atoms with Crippen molar-refractivity contribution in [2.75, 3.05) is 32.1 Å². The molecule has 0 atom stereocenters. The number of anilines is 1. The maximum atomic E-state index is 13.7. The number of nitrogens with zero attached hydrogens (tertiary/aromatic N) is 5. The number of halogens is 2. The van der Waals surface area contributed by atoms with E-state index in [4.69, 9.17) is 0 Å². The summed E-state index contributed by atoms with van der Waals surface area (Å²) in [5, 5.41) is 10.4. The van der Waals surface area contributed by atoms with E-state index in [1.54, 1.807) is 23.9 Å². The van der Waals surface area contributed by atoms with Gasteiger partial charge < -0.3 is 15.5 Å². The Morgan fingerprint density at radius 1 is 1.32 bits per heavy atom. The van der Waals surface area contributed by atoms with Crippen molar-refractivity contribution < 1.29 is 4.39 Å². The van der Waals surface area contributed by atoms with Gasteiger partial charge in [0.1, 0.15) is 18.0 Å². The maximum Gasteiger partial charge on any atom is 0.191 e. The molecule has 0 bridgehead atoms. The van der Waals surface area contributed by atoms with Crippen LogP contribution in [0.15, 0.2) is 35.6 Å². The van der Waals surface area contributed by atoms with E-state index in [1.807, 2.05) is 25.1 Å². The van der Waals surface area contributed by atoms with Crippen molar-refractivity contribution in [2.45, 2.75) is 13.0 Å². The van der Waals surface area contributed by atoms with Crippen molar-refractivity contribution in [3.8, 4) is 0 Å². The molecular weight excluding hydrogens is 436 g/mol. The molecule has 2 rings (SSSR count). The smallest absolute Gasteiger partial charge is 0.191 e. The predicted molar refractivity (Wildman–Crippen MR) is 109 cm³/mol. The van der Waals surface area contributed by atoms with E-state index in [1.165, 1.54) is 12.4 Å². The second kappa shape index (κ2) is 10.9. The minimum absolute atomic E-state index is 0. The molecule has 138 valence electrons. The lowest BCUT2D eigenvalue weighted by molar-refractivity contribution is 0.619. The molecule has 0 spiro atoms. The fourth-order valence-corrected chi connectivity index (χ4v) is 2.27. The molecule has 2 aromatic rings. The number of benzene rings is 1. The molecule has 1 aromatic heterocycles. The third kappa shape index (κ3) is 6.48. The van der Waals surface area contributed by atoms with E-state index < -0.39 is 0 Å². The second-order valence-electron chi connectivity index (χ2n) is 5.38. The van der Waals surface area contributed by atoms with Crippen LogP contribution in [0.4, 0.5) is 10.1 Å². The second-order valence-corrected chi connectivity index (χ2v) is 5.38. The fourth-order valence-electron chi connectivity index (χ4n) is 2.27. The summed E-state index contributed by atoms with van der Waals surface area (Å²) in [6, 6.07) is 6.79. The van der Waals surface area contributed by atoms with Crippen LogP contribution in [0.5, 0.6) is 0 Å². The number of aromatic nitrogens is 3. The lowest BCUT2D eigenvalue weighted by Crippen LogP contribution is -2.38. The highest BCUT2D eigenvalue weighted by molar-refractivity contribution is 14.0. The zero-order valence-corrected chi connectivity index (χ0v) is 17.1. The average Bonchev–Trinajstić information content (AvgIpc) is 2.99. The Morgan fingerprint density at radius 2 is 2.08 bits per heavy atom. The number of guanidine groups is 1. The van der Waals surface area contributed by atoms with E-state index in [0.717, 1.165) is 25.3 Å². The van der Waals surface area contributed by atoms with Gasteiger partial charge >= 0.3 is 0 Å². The minimum atomic E-state index is -0.200. The molecule has 0 saturated heterocycles. The Balaban J connectivity index is 0.00000312. The highest BCUT2D eigenvalue weighted by atomic mass is 127. The van der Waals surface area contributed by atoms with Crippen LogP contribution in [-0.2, 0) is 13.6 Å². The summed E-state index contributed by atoms with van der Waals surface area (Å²) in [6.07, 6.45) is 2.38. The van der Waals surface area contributed by atoms with Gasteiger partial charge in [-0.1, -0.05) is 12.1 Å². The van der Waals surface area contributed by atoms with Gasteiger partial charge in [0.25, 0.3) is 0 Å². The number of hydrogen-bond donors (Lipinski definition) is 2. The predicted octanol–water partition coefficient (Wildman–Crippen LogP) is 1.76. The molecule has 0 unspecified atom stereocenters. The Hall–Kier alpha value is -1.91. The quantitative estimate of drug-likeness (QED) is 0.285. The van der Waals surface area contributed by atoms with E-state index in [9.17, 15) is 4.39 Å². The molecule has 1 aromatic carbocycles. The Labute approximate surface area is 164 Å². The van der Waals surface area contributed by atoms with Crippen LogP contribution in [-0.4, -0.2) is 47.9 Å². The van der Waals surface area contributed by atoms with Gasteiger partial charge in [-0.15, -0.1) is 24.0 Å². The normalized spacial score (nSPS) is 11.0. The van der Waals surface area contributed by atoms with Crippen molar-refractivity contribution in [1.29, 1.82) is 0 Å². The molecule has 25 heavy (non-hydrogen) atoms. The van der Waals surface area contributed by atoms with Crippen LogP contribution >= 0.6 is 24.0 Å².